The van der Waals surface area contributed by atoms with E-state index in [-0.39, 0.29) is 11.6 Å². The van der Waals surface area contributed by atoms with Crippen molar-refractivity contribution in [3.8, 4) is 0 Å². The fraction of sp³-hybridized carbons (Fsp3) is 0.348. The molecule has 0 radical (unpaired) electrons. The van der Waals surface area contributed by atoms with E-state index in [1.54, 1.807) is 29.7 Å². The first kappa shape index (κ1) is 23.4. The molecule has 1 amide bonds. The standard InChI is InChI=1S/C23H28N4O5/c28-22(26-30)5-3-1-2-4-12-24-23(29)17-8-6-16(7-9-17)13-18-15-25-21-11-10-19(27(31)32)14-20(18)21/h6-11,14-15,22,25-26,28,30H,1-5,12-13H2,(H,24,29). The number of fused-ring (bicyclic) bond motifs is 1. The lowest BCUT2D eigenvalue weighted by molar-refractivity contribution is -0.384. The molecule has 9 heteroatoms. The van der Waals surface area contributed by atoms with Crippen LogP contribution in [0.15, 0.2) is 48.7 Å². The van der Waals surface area contributed by atoms with Crippen LogP contribution < -0.4 is 10.8 Å². The number of rotatable bonds is 12. The molecular weight excluding hydrogens is 412 g/mol. The summed E-state index contributed by atoms with van der Waals surface area (Å²) in [6.45, 7) is 0.579. The molecule has 0 bridgehead atoms. The number of hydrogen-bond acceptors (Lipinski definition) is 6. The van der Waals surface area contributed by atoms with Crippen LogP contribution in [0.4, 0.5) is 5.69 Å². The number of aromatic amines is 1. The number of nitro groups is 1. The van der Waals surface area contributed by atoms with Crippen molar-refractivity contribution in [2.24, 2.45) is 0 Å². The molecule has 0 aliphatic carbocycles. The maximum Gasteiger partial charge on any atom is 0.270 e. The van der Waals surface area contributed by atoms with Gasteiger partial charge in [-0.1, -0.05) is 25.0 Å². The van der Waals surface area contributed by atoms with E-state index in [1.165, 1.54) is 6.07 Å². The Morgan fingerprint density at radius 2 is 1.84 bits per heavy atom. The van der Waals surface area contributed by atoms with Gasteiger partial charge in [0.05, 0.1) is 4.92 Å². The molecule has 0 saturated heterocycles. The zero-order chi connectivity index (χ0) is 22.9. The molecule has 0 aliphatic rings. The fourth-order valence-corrected chi connectivity index (χ4v) is 3.60. The molecule has 0 fully saturated rings. The Hall–Kier alpha value is -3.27. The van der Waals surface area contributed by atoms with Crippen LogP contribution in [0.1, 0.15) is 53.6 Å². The van der Waals surface area contributed by atoms with Gasteiger partial charge in [-0.2, -0.15) is 5.48 Å². The Morgan fingerprint density at radius 3 is 2.56 bits per heavy atom. The van der Waals surface area contributed by atoms with Crippen LogP contribution in [-0.4, -0.2) is 38.9 Å². The van der Waals surface area contributed by atoms with Crippen LogP contribution in [0.25, 0.3) is 10.9 Å². The highest BCUT2D eigenvalue weighted by atomic mass is 16.6. The van der Waals surface area contributed by atoms with Crippen LogP contribution in [-0.2, 0) is 6.42 Å². The highest BCUT2D eigenvalue weighted by Crippen LogP contribution is 2.25. The van der Waals surface area contributed by atoms with Gasteiger partial charge in [-0.05, 0) is 55.0 Å². The van der Waals surface area contributed by atoms with Crippen molar-refractivity contribution in [2.45, 2.75) is 44.8 Å². The highest BCUT2D eigenvalue weighted by molar-refractivity contribution is 5.94. The summed E-state index contributed by atoms with van der Waals surface area (Å²) in [7, 11) is 0. The molecule has 3 aromatic rings. The second-order valence-corrected chi connectivity index (χ2v) is 7.78. The Morgan fingerprint density at radius 1 is 1.09 bits per heavy atom. The zero-order valence-electron chi connectivity index (χ0n) is 17.7. The van der Waals surface area contributed by atoms with Gasteiger partial charge in [0.2, 0.25) is 0 Å². The van der Waals surface area contributed by atoms with Gasteiger partial charge >= 0.3 is 0 Å². The average Bonchev–Trinajstić information content (AvgIpc) is 3.20. The third kappa shape index (κ3) is 6.36. The minimum Gasteiger partial charge on any atom is -0.377 e. The smallest absolute Gasteiger partial charge is 0.270 e. The fourth-order valence-electron chi connectivity index (χ4n) is 3.60. The number of hydroxylamine groups is 1. The molecular formula is C23H28N4O5. The third-order valence-corrected chi connectivity index (χ3v) is 5.41. The largest absolute Gasteiger partial charge is 0.377 e. The first-order valence-electron chi connectivity index (χ1n) is 10.7. The summed E-state index contributed by atoms with van der Waals surface area (Å²) >= 11 is 0. The van der Waals surface area contributed by atoms with E-state index in [9.17, 15) is 20.0 Å². The van der Waals surface area contributed by atoms with Crippen LogP contribution in [0, 0.1) is 10.1 Å². The van der Waals surface area contributed by atoms with Crippen LogP contribution in [0.2, 0.25) is 0 Å². The van der Waals surface area contributed by atoms with Crippen LogP contribution >= 0.6 is 0 Å². The topological polar surface area (TPSA) is 141 Å². The Balaban J connectivity index is 1.48. The van der Waals surface area contributed by atoms with Gasteiger partial charge in [0.15, 0.2) is 0 Å². The first-order valence-corrected chi connectivity index (χ1v) is 10.7. The number of carbonyl (C=O) groups is 1. The van der Waals surface area contributed by atoms with E-state index in [0.29, 0.717) is 24.9 Å². The summed E-state index contributed by atoms with van der Waals surface area (Å²) in [5.41, 5.74) is 5.27. The number of carbonyl (C=O) groups excluding carboxylic acids is 1. The third-order valence-electron chi connectivity index (χ3n) is 5.41. The molecule has 170 valence electrons. The van der Waals surface area contributed by atoms with Crippen molar-refractivity contribution in [3.63, 3.8) is 0 Å². The molecule has 0 saturated carbocycles. The van der Waals surface area contributed by atoms with Crippen molar-refractivity contribution in [2.75, 3.05) is 6.54 Å². The van der Waals surface area contributed by atoms with E-state index in [4.69, 9.17) is 5.21 Å². The van der Waals surface area contributed by atoms with Gasteiger partial charge in [-0.3, -0.25) is 14.9 Å². The molecule has 1 aromatic heterocycles. The Labute approximate surface area is 185 Å². The van der Waals surface area contributed by atoms with Crippen LogP contribution in [0.5, 0.6) is 0 Å². The number of non-ortho nitro benzene ring substituents is 1. The number of nitrogens with zero attached hydrogens (tertiary/aromatic N) is 1. The lowest BCUT2D eigenvalue weighted by atomic mass is 10.0. The van der Waals surface area contributed by atoms with Gasteiger partial charge in [-0.25, -0.2) is 0 Å². The maximum atomic E-state index is 12.3. The van der Waals surface area contributed by atoms with E-state index in [1.807, 2.05) is 18.3 Å². The molecule has 5 N–H and O–H groups in total. The van der Waals surface area contributed by atoms with Crippen molar-refractivity contribution in [1.82, 2.24) is 15.8 Å². The lowest BCUT2D eigenvalue weighted by Gasteiger charge is -2.08. The van der Waals surface area contributed by atoms with Gasteiger partial charge < -0.3 is 20.6 Å². The van der Waals surface area contributed by atoms with Gasteiger partial charge in [0.25, 0.3) is 11.6 Å². The minimum absolute atomic E-state index is 0.0603. The van der Waals surface area contributed by atoms with Gasteiger partial charge in [-0.15, -0.1) is 0 Å². The Bertz CT molecular complexity index is 1050. The van der Waals surface area contributed by atoms with Crippen molar-refractivity contribution < 1.29 is 20.0 Å². The number of nitro benzene ring substituents is 1. The first-order chi connectivity index (χ1) is 15.5. The molecule has 9 nitrogen and oxygen atoms in total. The monoisotopic (exact) mass is 440 g/mol. The number of aliphatic hydroxyl groups excluding tert-OH is 1. The minimum atomic E-state index is -0.882. The maximum absolute atomic E-state index is 12.3. The van der Waals surface area contributed by atoms with Crippen LogP contribution in [0.3, 0.4) is 0 Å². The van der Waals surface area contributed by atoms with Gasteiger partial charge in [0, 0.05) is 41.3 Å². The highest BCUT2D eigenvalue weighted by Gasteiger charge is 2.11. The van der Waals surface area contributed by atoms with E-state index in [0.717, 1.165) is 47.7 Å². The van der Waals surface area contributed by atoms with E-state index in [2.05, 4.69) is 10.3 Å². The molecule has 2 aromatic carbocycles. The van der Waals surface area contributed by atoms with E-state index < -0.39 is 11.2 Å². The molecule has 32 heavy (non-hydrogen) atoms. The summed E-state index contributed by atoms with van der Waals surface area (Å²) < 4.78 is 0. The summed E-state index contributed by atoms with van der Waals surface area (Å²) in [6.07, 6.45) is 5.56. The average molecular weight is 441 g/mol. The SMILES string of the molecule is O=C(NCCCCCCC(O)NO)c1ccc(Cc2c[nH]c3ccc([N+](=O)[O-])cc23)cc1. The quantitative estimate of drug-likeness (QED) is 0.126. The summed E-state index contributed by atoms with van der Waals surface area (Å²) in [5.74, 6) is -0.126. The second kappa shape index (κ2) is 11.4. The molecule has 1 unspecified atom stereocenters. The lowest BCUT2D eigenvalue weighted by Crippen LogP contribution is -2.25. The van der Waals surface area contributed by atoms with E-state index >= 15 is 0 Å². The van der Waals surface area contributed by atoms with Crippen molar-refractivity contribution >= 4 is 22.5 Å². The normalized spacial score (nSPS) is 12.1. The summed E-state index contributed by atoms with van der Waals surface area (Å²) in [6, 6.07) is 12.1. The van der Waals surface area contributed by atoms with Crippen molar-refractivity contribution in [1.29, 1.82) is 0 Å². The predicted octanol–water partition coefficient (Wildman–Crippen LogP) is 3.64. The molecule has 3 rings (SSSR count). The Kier molecular flexibility index (Phi) is 8.32. The number of aromatic nitrogens is 1. The number of unbranched alkanes of at least 4 members (excludes halogenated alkanes) is 3. The van der Waals surface area contributed by atoms with Crippen molar-refractivity contribution in [3.05, 3.63) is 75.5 Å². The molecule has 0 aliphatic heterocycles. The zero-order valence-corrected chi connectivity index (χ0v) is 17.7. The summed E-state index contributed by atoms with van der Waals surface area (Å²) in [5, 5.41) is 32.5. The number of benzene rings is 2. The molecule has 0 spiro atoms. The number of nitrogens with one attached hydrogen (secondary N) is 3. The molecule has 1 atom stereocenters. The number of H-pyrrole nitrogens is 1. The second-order valence-electron chi connectivity index (χ2n) is 7.78. The number of hydrogen-bond donors (Lipinski definition) is 5. The predicted molar refractivity (Wildman–Crippen MR) is 121 cm³/mol. The number of amides is 1. The molecule has 1 heterocycles. The summed E-state index contributed by atoms with van der Waals surface area (Å²) in [4.78, 5) is 26.1. The number of aliphatic hydroxyl groups is 1. The van der Waals surface area contributed by atoms with Gasteiger partial charge in [0.1, 0.15) is 6.23 Å².